The molecule has 3 N–H and O–H groups in total. The van der Waals surface area contributed by atoms with Crippen molar-refractivity contribution in [1.29, 1.82) is 0 Å². The van der Waals surface area contributed by atoms with Gasteiger partial charge in [0.05, 0.1) is 0 Å². The Balaban J connectivity index is 3.88. The van der Waals surface area contributed by atoms with Crippen LogP contribution in [0.1, 0.15) is 136 Å². The molecule has 0 aliphatic heterocycles. The molecule has 0 spiro atoms. The van der Waals surface area contributed by atoms with Gasteiger partial charge in [0, 0.05) is 19.4 Å². The Morgan fingerprint density at radius 1 is 0.444 bits per heavy atom. The largest absolute Gasteiger partial charge is 0.480 e. The average Bonchev–Trinajstić information content (AvgIpc) is 3.16. The second-order valence-electron chi connectivity index (χ2n) is 12.9. The van der Waals surface area contributed by atoms with Gasteiger partial charge in [0.25, 0.3) is 0 Å². The maximum Gasteiger partial charge on any atom is 0.326 e. The zero-order valence-electron chi connectivity index (χ0n) is 33.6. The van der Waals surface area contributed by atoms with Crippen molar-refractivity contribution in [2.75, 3.05) is 6.54 Å². The zero-order valence-corrected chi connectivity index (χ0v) is 33.6. The van der Waals surface area contributed by atoms with Gasteiger partial charge in [0.1, 0.15) is 6.04 Å². The number of carboxylic acids is 1. The van der Waals surface area contributed by atoms with Crippen molar-refractivity contribution in [2.24, 2.45) is 0 Å². The van der Waals surface area contributed by atoms with E-state index in [0.717, 1.165) is 77.0 Å². The van der Waals surface area contributed by atoms with Crippen molar-refractivity contribution in [1.82, 2.24) is 10.6 Å². The molecule has 0 radical (unpaired) electrons. The van der Waals surface area contributed by atoms with E-state index < -0.39 is 12.0 Å². The maximum absolute atomic E-state index is 12.3. The fourth-order valence-electron chi connectivity index (χ4n) is 4.92. The first kappa shape index (κ1) is 49.6. The maximum atomic E-state index is 12.3. The highest BCUT2D eigenvalue weighted by Gasteiger charge is 2.19. The first-order valence-electron chi connectivity index (χ1n) is 20.4. The van der Waals surface area contributed by atoms with E-state index in [0.29, 0.717) is 51.5 Å². The second kappa shape index (κ2) is 41.3. The Kier molecular flexibility index (Phi) is 37.9. The smallest absolute Gasteiger partial charge is 0.326 e. The van der Waals surface area contributed by atoms with Gasteiger partial charge in [-0.3, -0.25) is 9.59 Å². The third-order valence-corrected chi connectivity index (χ3v) is 7.94. The lowest BCUT2D eigenvalue weighted by molar-refractivity contribution is -0.142. The van der Waals surface area contributed by atoms with Crippen LogP contribution in [-0.4, -0.2) is 35.5 Å². The first-order chi connectivity index (χ1) is 26.5. The van der Waals surface area contributed by atoms with Gasteiger partial charge in [-0.1, -0.05) is 148 Å². The number of hydrogen-bond acceptors (Lipinski definition) is 3. The second-order valence-corrected chi connectivity index (χ2v) is 12.9. The third-order valence-electron chi connectivity index (χ3n) is 7.94. The van der Waals surface area contributed by atoms with Crippen LogP contribution in [0.3, 0.4) is 0 Å². The van der Waals surface area contributed by atoms with Crippen LogP contribution in [0.25, 0.3) is 0 Å². The summed E-state index contributed by atoms with van der Waals surface area (Å²) in [6, 6.07) is -0.907. The van der Waals surface area contributed by atoms with Gasteiger partial charge >= 0.3 is 5.97 Å². The van der Waals surface area contributed by atoms with Gasteiger partial charge in [-0.05, 0) is 109 Å². The lowest BCUT2D eigenvalue weighted by Gasteiger charge is -2.14. The predicted octanol–water partition coefficient (Wildman–Crippen LogP) is 12.2. The highest BCUT2D eigenvalue weighted by Crippen LogP contribution is 2.05. The van der Waals surface area contributed by atoms with Crippen LogP contribution < -0.4 is 10.6 Å². The highest BCUT2D eigenvalue weighted by atomic mass is 16.4. The standard InChI is InChI=1S/C48H72N2O4/c1-3-5-7-9-11-13-15-17-19-21-22-24-25-27-29-31-33-35-37-42-46(51)49-44-40-39-41-45(48(53)54)50-47(52)43-38-36-34-32-30-28-26-23-20-18-16-14-12-10-8-6-4-2/h5-8,11-14,17-20,22,24,26-29,32-35,45H,3-4,9-10,15-16,21,23,25,30-31,36-44H2,1-2H3,(H,49,51)(H,50,52)(H,53,54)/b7-5-,8-6-,13-11-,14-12-,19-17-,20-18-,24-22-,28-26-,29-27-,34-32-,35-33-/t45-/m0/s1. The van der Waals surface area contributed by atoms with Crippen molar-refractivity contribution in [3.8, 4) is 0 Å². The van der Waals surface area contributed by atoms with Crippen LogP contribution in [0.2, 0.25) is 0 Å². The van der Waals surface area contributed by atoms with E-state index in [1.165, 1.54) is 0 Å². The number of carbonyl (C=O) groups excluding carboxylic acids is 2. The number of allylic oxidation sites excluding steroid dienone is 22. The molecule has 0 aliphatic rings. The molecule has 0 saturated heterocycles. The Labute approximate surface area is 329 Å². The van der Waals surface area contributed by atoms with E-state index in [4.69, 9.17) is 0 Å². The fraction of sp³-hybridized carbons (Fsp3) is 0.479. The van der Waals surface area contributed by atoms with Gasteiger partial charge in [-0.2, -0.15) is 0 Å². The van der Waals surface area contributed by atoms with Crippen molar-refractivity contribution in [3.63, 3.8) is 0 Å². The minimum atomic E-state index is -1.03. The molecule has 2 amide bonds. The lowest BCUT2D eigenvalue weighted by Crippen LogP contribution is -2.40. The molecule has 1 atom stereocenters. The molecule has 0 bridgehead atoms. The summed E-state index contributed by atoms with van der Waals surface area (Å²) in [6.45, 7) is 4.78. The van der Waals surface area contributed by atoms with Crippen LogP contribution in [-0.2, 0) is 14.4 Å². The average molecular weight is 741 g/mol. The third kappa shape index (κ3) is 38.8. The van der Waals surface area contributed by atoms with Gasteiger partial charge in [0.2, 0.25) is 11.8 Å². The molecule has 0 rings (SSSR count). The molecule has 6 heteroatoms. The molecule has 0 aromatic carbocycles. The van der Waals surface area contributed by atoms with E-state index in [2.05, 4.69) is 152 Å². The minimum absolute atomic E-state index is 0.00914. The van der Waals surface area contributed by atoms with E-state index in [-0.39, 0.29) is 11.8 Å². The number of unbranched alkanes of at least 4 members (excludes halogenated alkanes) is 2. The Bertz CT molecular complexity index is 1270. The van der Waals surface area contributed by atoms with Crippen LogP contribution in [0.15, 0.2) is 134 Å². The topological polar surface area (TPSA) is 95.5 Å². The summed E-state index contributed by atoms with van der Waals surface area (Å²) in [4.78, 5) is 36.1. The van der Waals surface area contributed by atoms with E-state index in [9.17, 15) is 19.5 Å². The van der Waals surface area contributed by atoms with E-state index in [1.807, 2.05) is 6.08 Å². The van der Waals surface area contributed by atoms with E-state index in [1.54, 1.807) is 0 Å². The molecule has 0 aliphatic carbocycles. The molecule has 0 fully saturated rings. The normalized spacial score (nSPS) is 13.5. The number of aliphatic carboxylic acids is 1. The van der Waals surface area contributed by atoms with Crippen molar-refractivity contribution >= 4 is 17.8 Å². The SMILES string of the molecule is CC/C=C\C/C=C\C/C=C\C/C=C\C/C=C\C/C=C\CCC(=O)NCCCC[C@H](NC(=O)CCC/C=C\C/C=C\C/C=C\C/C=C\C/C=C\CC)C(=O)O. The summed E-state index contributed by atoms with van der Waals surface area (Å²) in [5.74, 6) is -1.27. The summed E-state index contributed by atoms with van der Waals surface area (Å²) in [6.07, 6.45) is 62.5. The Hall–Kier alpha value is -4.45. The molecular formula is C48H72N2O4. The van der Waals surface area contributed by atoms with Crippen LogP contribution in [0.4, 0.5) is 0 Å². The highest BCUT2D eigenvalue weighted by molar-refractivity contribution is 5.83. The monoisotopic (exact) mass is 741 g/mol. The minimum Gasteiger partial charge on any atom is -0.480 e. The van der Waals surface area contributed by atoms with Crippen molar-refractivity contribution in [2.45, 2.75) is 142 Å². The number of hydrogen-bond donors (Lipinski definition) is 3. The van der Waals surface area contributed by atoms with E-state index >= 15 is 0 Å². The molecule has 6 nitrogen and oxygen atoms in total. The molecular weight excluding hydrogens is 669 g/mol. The molecule has 0 aromatic rings. The Morgan fingerprint density at radius 3 is 1.20 bits per heavy atom. The van der Waals surface area contributed by atoms with Crippen LogP contribution in [0.5, 0.6) is 0 Å². The number of rotatable bonds is 34. The molecule has 0 aromatic heterocycles. The van der Waals surface area contributed by atoms with Crippen LogP contribution in [0, 0.1) is 0 Å². The number of nitrogens with one attached hydrogen (secondary N) is 2. The van der Waals surface area contributed by atoms with Gasteiger partial charge < -0.3 is 15.7 Å². The quantitative estimate of drug-likeness (QED) is 0.0452. The van der Waals surface area contributed by atoms with Gasteiger partial charge in [-0.15, -0.1) is 0 Å². The summed E-state index contributed by atoms with van der Waals surface area (Å²) in [5, 5.41) is 15.1. The van der Waals surface area contributed by atoms with Crippen molar-refractivity contribution < 1.29 is 19.5 Å². The van der Waals surface area contributed by atoms with Crippen LogP contribution >= 0.6 is 0 Å². The predicted molar refractivity (Wildman–Crippen MR) is 232 cm³/mol. The summed E-state index contributed by atoms with van der Waals surface area (Å²) >= 11 is 0. The molecule has 0 unspecified atom stereocenters. The molecule has 298 valence electrons. The van der Waals surface area contributed by atoms with Gasteiger partial charge in [0.15, 0.2) is 0 Å². The number of carbonyl (C=O) groups is 3. The van der Waals surface area contributed by atoms with Gasteiger partial charge in [-0.25, -0.2) is 4.79 Å². The molecule has 54 heavy (non-hydrogen) atoms. The fourth-order valence-corrected chi connectivity index (χ4v) is 4.92. The summed E-state index contributed by atoms with van der Waals surface area (Å²) in [7, 11) is 0. The zero-order chi connectivity index (χ0) is 39.4. The Morgan fingerprint density at radius 2 is 0.815 bits per heavy atom. The summed E-state index contributed by atoms with van der Waals surface area (Å²) < 4.78 is 0. The molecule has 0 heterocycles. The molecule has 0 saturated carbocycles. The number of amides is 2. The van der Waals surface area contributed by atoms with Crippen molar-refractivity contribution in [3.05, 3.63) is 134 Å². The first-order valence-corrected chi connectivity index (χ1v) is 20.4. The number of carboxylic acid groups (broad SMARTS) is 1. The summed E-state index contributed by atoms with van der Waals surface area (Å²) in [5.41, 5.74) is 0. The lowest BCUT2D eigenvalue weighted by atomic mass is 10.1.